The largest absolute Gasteiger partial charge is 0.339 e. The van der Waals surface area contributed by atoms with Gasteiger partial charge in [-0.2, -0.15) is 0 Å². The zero-order valence-corrected chi connectivity index (χ0v) is 16.7. The van der Waals surface area contributed by atoms with Gasteiger partial charge in [0.25, 0.3) is 5.91 Å². The molecule has 2 amide bonds. The van der Waals surface area contributed by atoms with Crippen molar-refractivity contribution in [2.45, 2.75) is 40.0 Å². The number of carbonyl (C=O) groups is 2. The maximum absolute atomic E-state index is 12.7. The second-order valence-corrected chi connectivity index (χ2v) is 7.23. The van der Waals surface area contributed by atoms with Gasteiger partial charge in [0.2, 0.25) is 5.91 Å². The maximum atomic E-state index is 12.7. The summed E-state index contributed by atoms with van der Waals surface area (Å²) in [5, 5.41) is 0. The van der Waals surface area contributed by atoms with Crippen LogP contribution in [0.1, 0.15) is 56.0 Å². The molecule has 2 rings (SSSR count). The first-order valence-corrected chi connectivity index (χ1v) is 9.85. The van der Waals surface area contributed by atoms with Gasteiger partial charge in [0, 0.05) is 44.7 Å². The molecule has 5 nitrogen and oxygen atoms in total. The number of piperazine rings is 1. The van der Waals surface area contributed by atoms with Crippen molar-refractivity contribution in [1.29, 1.82) is 0 Å². The van der Waals surface area contributed by atoms with E-state index < -0.39 is 0 Å². The van der Waals surface area contributed by atoms with Crippen LogP contribution >= 0.6 is 0 Å². The Kier molecular flexibility index (Phi) is 7.64. The molecule has 1 fully saturated rings. The Morgan fingerprint density at radius 1 is 0.962 bits per heavy atom. The molecule has 1 aromatic carbocycles. The van der Waals surface area contributed by atoms with E-state index in [0.29, 0.717) is 38.5 Å². The predicted molar refractivity (Wildman–Crippen MR) is 105 cm³/mol. The van der Waals surface area contributed by atoms with Gasteiger partial charge in [0.1, 0.15) is 0 Å². The highest BCUT2D eigenvalue weighted by atomic mass is 16.2. The molecule has 5 heteroatoms. The number of hydrogen-bond acceptors (Lipinski definition) is 3. The van der Waals surface area contributed by atoms with Crippen molar-refractivity contribution in [3.63, 3.8) is 0 Å². The van der Waals surface area contributed by atoms with E-state index in [1.807, 2.05) is 34.1 Å². The molecule has 0 saturated carbocycles. The third kappa shape index (κ3) is 5.31. The number of carbonyl (C=O) groups excluding carboxylic acids is 2. The Hall–Kier alpha value is -1.88. The van der Waals surface area contributed by atoms with Crippen LogP contribution in [0.2, 0.25) is 0 Å². The zero-order valence-electron chi connectivity index (χ0n) is 16.7. The molecule has 0 bridgehead atoms. The molecule has 1 aromatic rings. The van der Waals surface area contributed by atoms with Crippen molar-refractivity contribution in [2.24, 2.45) is 0 Å². The van der Waals surface area contributed by atoms with Gasteiger partial charge in [-0.25, -0.2) is 0 Å². The van der Waals surface area contributed by atoms with Gasteiger partial charge < -0.3 is 14.7 Å². The highest BCUT2D eigenvalue weighted by Crippen LogP contribution is 2.16. The Morgan fingerprint density at radius 3 is 2.00 bits per heavy atom. The second kappa shape index (κ2) is 9.72. The first kappa shape index (κ1) is 20.4. The zero-order chi connectivity index (χ0) is 19.1. The van der Waals surface area contributed by atoms with Crippen LogP contribution in [0.5, 0.6) is 0 Å². The monoisotopic (exact) mass is 359 g/mol. The molecule has 0 spiro atoms. The molecule has 1 aliphatic rings. The molecule has 144 valence electrons. The van der Waals surface area contributed by atoms with Crippen LogP contribution < -0.4 is 0 Å². The smallest absolute Gasteiger partial charge is 0.253 e. The molecular weight excluding hydrogens is 326 g/mol. The van der Waals surface area contributed by atoms with Gasteiger partial charge in [0.15, 0.2) is 0 Å². The second-order valence-electron chi connectivity index (χ2n) is 7.23. The molecule has 26 heavy (non-hydrogen) atoms. The molecular formula is C21H33N3O2. The summed E-state index contributed by atoms with van der Waals surface area (Å²) in [6, 6.07) is 7.90. The molecule has 1 aliphatic heterocycles. The Labute approximate surface area is 158 Å². The van der Waals surface area contributed by atoms with E-state index in [-0.39, 0.29) is 11.8 Å². The number of nitrogens with zero attached hydrogens (tertiary/aromatic N) is 3. The number of benzene rings is 1. The topological polar surface area (TPSA) is 43.9 Å². The highest BCUT2D eigenvalue weighted by Gasteiger charge is 2.24. The van der Waals surface area contributed by atoms with Crippen molar-refractivity contribution in [1.82, 2.24) is 14.7 Å². The molecule has 0 unspecified atom stereocenters. The quantitative estimate of drug-likeness (QED) is 0.752. The lowest BCUT2D eigenvalue weighted by atomic mass is 10.0. The summed E-state index contributed by atoms with van der Waals surface area (Å²) in [5.41, 5.74) is 1.97. The summed E-state index contributed by atoms with van der Waals surface area (Å²) in [4.78, 5) is 31.1. The van der Waals surface area contributed by atoms with Crippen molar-refractivity contribution in [2.75, 3.05) is 45.8 Å². The normalized spacial score (nSPS) is 15.0. The van der Waals surface area contributed by atoms with E-state index in [0.717, 1.165) is 25.2 Å². The molecule has 1 heterocycles. The van der Waals surface area contributed by atoms with Gasteiger partial charge in [-0.1, -0.05) is 39.8 Å². The lowest BCUT2D eigenvalue weighted by Gasteiger charge is -2.35. The van der Waals surface area contributed by atoms with Crippen LogP contribution in [0.4, 0.5) is 0 Å². The SMILES string of the molecule is CCN(CC)CCC(=O)N1CCN(C(=O)c2ccc(C(C)C)cc2)CC1. The van der Waals surface area contributed by atoms with Crippen LogP contribution in [-0.4, -0.2) is 72.3 Å². The van der Waals surface area contributed by atoms with E-state index in [2.05, 4.69) is 32.6 Å². The fourth-order valence-electron chi connectivity index (χ4n) is 3.30. The van der Waals surface area contributed by atoms with Gasteiger partial charge >= 0.3 is 0 Å². The summed E-state index contributed by atoms with van der Waals surface area (Å²) in [6.07, 6.45) is 0.562. The minimum absolute atomic E-state index is 0.0653. The first-order chi connectivity index (χ1) is 12.5. The molecule has 1 saturated heterocycles. The van der Waals surface area contributed by atoms with E-state index >= 15 is 0 Å². The summed E-state index contributed by atoms with van der Waals surface area (Å²) in [5.74, 6) is 0.728. The predicted octanol–water partition coefficient (Wildman–Crippen LogP) is 2.83. The van der Waals surface area contributed by atoms with E-state index in [9.17, 15) is 9.59 Å². The van der Waals surface area contributed by atoms with Crippen LogP contribution in [0.3, 0.4) is 0 Å². The van der Waals surface area contributed by atoms with Gasteiger partial charge in [-0.05, 0) is 36.7 Å². The standard InChI is InChI=1S/C21H33N3O2/c1-5-22(6-2)12-11-20(25)23-13-15-24(16-14-23)21(26)19-9-7-18(8-10-19)17(3)4/h7-10,17H,5-6,11-16H2,1-4H3. The minimum Gasteiger partial charge on any atom is -0.339 e. The van der Waals surface area contributed by atoms with Gasteiger partial charge in [-0.3, -0.25) is 9.59 Å². The lowest BCUT2D eigenvalue weighted by molar-refractivity contribution is -0.133. The minimum atomic E-state index is 0.0653. The van der Waals surface area contributed by atoms with Gasteiger partial charge in [-0.15, -0.1) is 0 Å². The summed E-state index contributed by atoms with van der Waals surface area (Å²) in [7, 11) is 0. The van der Waals surface area contributed by atoms with Crippen LogP contribution in [-0.2, 0) is 4.79 Å². The Bertz CT molecular complexity index is 586. The average molecular weight is 360 g/mol. The number of hydrogen-bond donors (Lipinski definition) is 0. The first-order valence-electron chi connectivity index (χ1n) is 9.85. The summed E-state index contributed by atoms with van der Waals surface area (Å²) in [6.45, 7) is 13.8. The Balaban J connectivity index is 1.83. The highest BCUT2D eigenvalue weighted by molar-refractivity contribution is 5.94. The summed E-state index contributed by atoms with van der Waals surface area (Å²) < 4.78 is 0. The number of amides is 2. The van der Waals surface area contributed by atoms with E-state index in [1.165, 1.54) is 5.56 Å². The van der Waals surface area contributed by atoms with E-state index in [1.54, 1.807) is 0 Å². The average Bonchev–Trinajstić information content (AvgIpc) is 2.68. The fraction of sp³-hybridized carbons (Fsp3) is 0.619. The fourth-order valence-corrected chi connectivity index (χ4v) is 3.30. The molecule has 0 radical (unpaired) electrons. The van der Waals surface area contributed by atoms with Crippen LogP contribution in [0.25, 0.3) is 0 Å². The maximum Gasteiger partial charge on any atom is 0.253 e. The molecule has 0 aromatic heterocycles. The summed E-state index contributed by atoms with van der Waals surface area (Å²) >= 11 is 0. The molecule has 0 aliphatic carbocycles. The van der Waals surface area contributed by atoms with Gasteiger partial charge in [0.05, 0.1) is 0 Å². The molecule has 0 N–H and O–H groups in total. The van der Waals surface area contributed by atoms with Crippen LogP contribution in [0, 0.1) is 0 Å². The lowest BCUT2D eigenvalue weighted by Crippen LogP contribution is -2.51. The molecule has 0 atom stereocenters. The third-order valence-corrected chi connectivity index (χ3v) is 5.28. The number of rotatable bonds is 7. The van der Waals surface area contributed by atoms with Crippen molar-refractivity contribution in [3.05, 3.63) is 35.4 Å². The van der Waals surface area contributed by atoms with Crippen LogP contribution in [0.15, 0.2) is 24.3 Å². The Morgan fingerprint density at radius 2 is 1.50 bits per heavy atom. The van der Waals surface area contributed by atoms with E-state index in [4.69, 9.17) is 0 Å². The van der Waals surface area contributed by atoms with Crippen molar-refractivity contribution < 1.29 is 9.59 Å². The van der Waals surface area contributed by atoms with Crippen molar-refractivity contribution in [3.8, 4) is 0 Å². The third-order valence-electron chi connectivity index (χ3n) is 5.28. The van der Waals surface area contributed by atoms with Crippen molar-refractivity contribution >= 4 is 11.8 Å².